The summed E-state index contributed by atoms with van der Waals surface area (Å²) < 4.78 is 0. The Morgan fingerprint density at radius 2 is 1.95 bits per heavy atom. The molecule has 108 valence electrons. The van der Waals surface area contributed by atoms with E-state index in [-0.39, 0.29) is 12.1 Å². The molecule has 1 heterocycles. The highest BCUT2D eigenvalue weighted by molar-refractivity contribution is 5.74. The van der Waals surface area contributed by atoms with Gasteiger partial charge >= 0.3 is 6.03 Å². The molecule has 0 spiro atoms. The minimum absolute atomic E-state index is 0.0257. The van der Waals surface area contributed by atoms with Crippen molar-refractivity contribution in [2.75, 3.05) is 13.1 Å². The zero-order valence-corrected chi connectivity index (χ0v) is 11.7. The lowest BCUT2D eigenvalue weighted by Crippen LogP contribution is -2.38. The van der Waals surface area contributed by atoms with Gasteiger partial charge < -0.3 is 15.3 Å². The summed E-state index contributed by atoms with van der Waals surface area (Å²) in [7, 11) is 0. The van der Waals surface area contributed by atoms with Crippen LogP contribution < -0.4 is 5.32 Å². The van der Waals surface area contributed by atoms with Crippen LogP contribution in [-0.4, -0.2) is 35.2 Å². The zero-order chi connectivity index (χ0) is 13.9. The molecule has 1 saturated carbocycles. The van der Waals surface area contributed by atoms with Crippen molar-refractivity contribution in [1.29, 1.82) is 0 Å². The van der Waals surface area contributed by atoms with E-state index in [0.29, 0.717) is 18.4 Å². The third-order valence-corrected chi connectivity index (χ3v) is 4.60. The normalized spacial score (nSPS) is 29.1. The Hall–Kier alpha value is -1.55. The van der Waals surface area contributed by atoms with Crippen molar-refractivity contribution >= 4 is 6.03 Å². The van der Waals surface area contributed by atoms with Crippen LogP contribution in [0.3, 0.4) is 0 Å². The second kappa shape index (κ2) is 5.83. The standard InChI is InChI=1S/C16H22N2O2/c19-15-7-6-13-10-18(11-14(13)8-15)16(20)17-9-12-4-2-1-3-5-12/h1-5,13-15,19H,6-11H2,(H,17,20). The van der Waals surface area contributed by atoms with E-state index in [2.05, 4.69) is 5.32 Å². The number of hydrogen-bond acceptors (Lipinski definition) is 2. The maximum atomic E-state index is 12.2. The molecule has 1 aliphatic heterocycles. The molecule has 2 fully saturated rings. The topological polar surface area (TPSA) is 52.6 Å². The lowest BCUT2D eigenvalue weighted by molar-refractivity contribution is 0.0866. The van der Waals surface area contributed by atoms with E-state index >= 15 is 0 Å². The third-order valence-electron chi connectivity index (χ3n) is 4.60. The number of likely N-dealkylation sites (tertiary alicyclic amines) is 1. The quantitative estimate of drug-likeness (QED) is 0.866. The summed E-state index contributed by atoms with van der Waals surface area (Å²) in [5.41, 5.74) is 1.12. The number of urea groups is 1. The lowest BCUT2D eigenvalue weighted by atomic mass is 9.80. The Morgan fingerprint density at radius 1 is 1.20 bits per heavy atom. The van der Waals surface area contributed by atoms with Crippen molar-refractivity contribution < 1.29 is 9.90 Å². The molecule has 3 atom stereocenters. The SMILES string of the molecule is O=C(NCc1ccccc1)N1CC2CCC(O)CC2C1. The van der Waals surface area contributed by atoms with Crippen LogP contribution >= 0.6 is 0 Å². The van der Waals surface area contributed by atoms with Gasteiger partial charge in [-0.05, 0) is 36.7 Å². The molecule has 1 saturated heterocycles. The first-order chi connectivity index (χ1) is 9.72. The molecule has 0 aromatic heterocycles. The molecule has 4 heteroatoms. The number of aliphatic hydroxyl groups is 1. The van der Waals surface area contributed by atoms with Crippen LogP contribution in [0.2, 0.25) is 0 Å². The summed E-state index contributed by atoms with van der Waals surface area (Å²) in [6.07, 6.45) is 2.63. The number of fused-ring (bicyclic) bond motifs is 1. The van der Waals surface area contributed by atoms with Crippen LogP contribution in [0, 0.1) is 11.8 Å². The second-order valence-corrected chi connectivity index (χ2v) is 6.04. The van der Waals surface area contributed by atoms with Gasteiger partial charge in [0.25, 0.3) is 0 Å². The molecule has 2 amide bonds. The van der Waals surface area contributed by atoms with Crippen LogP contribution in [0.5, 0.6) is 0 Å². The van der Waals surface area contributed by atoms with Gasteiger partial charge in [-0.15, -0.1) is 0 Å². The summed E-state index contributed by atoms with van der Waals surface area (Å²) in [6, 6.07) is 9.99. The van der Waals surface area contributed by atoms with Gasteiger partial charge in [0.05, 0.1) is 6.10 Å². The Balaban J connectivity index is 1.51. The average molecular weight is 274 g/mol. The van der Waals surface area contributed by atoms with Crippen molar-refractivity contribution in [3.8, 4) is 0 Å². The fourth-order valence-electron chi connectivity index (χ4n) is 3.46. The van der Waals surface area contributed by atoms with Crippen molar-refractivity contribution in [2.45, 2.75) is 31.9 Å². The number of nitrogens with one attached hydrogen (secondary N) is 1. The van der Waals surface area contributed by atoms with Gasteiger partial charge in [0, 0.05) is 19.6 Å². The number of benzene rings is 1. The first kappa shape index (κ1) is 13.4. The second-order valence-electron chi connectivity index (χ2n) is 6.04. The highest BCUT2D eigenvalue weighted by Crippen LogP contribution is 2.36. The van der Waals surface area contributed by atoms with Crippen molar-refractivity contribution in [3.63, 3.8) is 0 Å². The molecule has 3 unspecified atom stereocenters. The minimum atomic E-state index is -0.163. The van der Waals surface area contributed by atoms with Gasteiger partial charge in [-0.2, -0.15) is 0 Å². The number of rotatable bonds is 2. The Labute approximate surface area is 119 Å². The van der Waals surface area contributed by atoms with E-state index in [1.165, 1.54) is 0 Å². The van der Waals surface area contributed by atoms with E-state index in [4.69, 9.17) is 0 Å². The van der Waals surface area contributed by atoms with Crippen LogP contribution in [0.25, 0.3) is 0 Å². The molecule has 4 nitrogen and oxygen atoms in total. The van der Waals surface area contributed by atoms with Gasteiger partial charge in [-0.1, -0.05) is 30.3 Å². The highest BCUT2D eigenvalue weighted by atomic mass is 16.3. The van der Waals surface area contributed by atoms with E-state index in [1.807, 2.05) is 35.2 Å². The number of amides is 2. The molecule has 1 aliphatic carbocycles. The van der Waals surface area contributed by atoms with Gasteiger partial charge in [0.1, 0.15) is 0 Å². The monoisotopic (exact) mass is 274 g/mol. The summed E-state index contributed by atoms with van der Waals surface area (Å²) in [5.74, 6) is 1.07. The minimum Gasteiger partial charge on any atom is -0.393 e. The summed E-state index contributed by atoms with van der Waals surface area (Å²) in [6.45, 7) is 2.22. The van der Waals surface area contributed by atoms with Gasteiger partial charge in [0.2, 0.25) is 0 Å². The molecule has 0 radical (unpaired) electrons. The molecular formula is C16H22N2O2. The molecule has 2 aliphatic rings. The number of nitrogens with zero attached hydrogens (tertiary/aromatic N) is 1. The fraction of sp³-hybridized carbons (Fsp3) is 0.562. The fourth-order valence-corrected chi connectivity index (χ4v) is 3.46. The molecule has 3 rings (SSSR count). The largest absolute Gasteiger partial charge is 0.393 e. The number of carbonyl (C=O) groups excluding carboxylic acids is 1. The maximum Gasteiger partial charge on any atom is 0.317 e. The summed E-state index contributed by atoms with van der Waals surface area (Å²) in [4.78, 5) is 14.1. The molecule has 0 bridgehead atoms. The molecule has 1 aromatic rings. The van der Waals surface area contributed by atoms with Crippen LogP contribution in [0.4, 0.5) is 4.79 Å². The molecule has 1 aromatic carbocycles. The van der Waals surface area contributed by atoms with E-state index in [1.54, 1.807) is 0 Å². The number of hydrogen-bond donors (Lipinski definition) is 2. The zero-order valence-electron chi connectivity index (χ0n) is 11.7. The van der Waals surface area contributed by atoms with E-state index in [9.17, 15) is 9.90 Å². The van der Waals surface area contributed by atoms with E-state index < -0.39 is 0 Å². The van der Waals surface area contributed by atoms with Gasteiger partial charge in [-0.25, -0.2) is 4.79 Å². The van der Waals surface area contributed by atoms with Crippen LogP contribution in [-0.2, 0) is 6.54 Å². The summed E-state index contributed by atoms with van der Waals surface area (Å²) >= 11 is 0. The molecular weight excluding hydrogens is 252 g/mol. The Morgan fingerprint density at radius 3 is 2.75 bits per heavy atom. The van der Waals surface area contributed by atoms with Gasteiger partial charge in [0.15, 0.2) is 0 Å². The maximum absolute atomic E-state index is 12.2. The van der Waals surface area contributed by atoms with Crippen molar-refractivity contribution in [3.05, 3.63) is 35.9 Å². The predicted molar refractivity (Wildman–Crippen MR) is 77.1 cm³/mol. The van der Waals surface area contributed by atoms with E-state index in [0.717, 1.165) is 37.9 Å². The summed E-state index contributed by atoms with van der Waals surface area (Å²) in [5, 5.41) is 12.7. The van der Waals surface area contributed by atoms with Crippen molar-refractivity contribution in [1.82, 2.24) is 10.2 Å². The molecule has 20 heavy (non-hydrogen) atoms. The number of carbonyl (C=O) groups is 1. The average Bonchev–Trinajstić information content (AvgIpc) is 2.89. The first-order valence-corrected chi connectivity index (χ1v) is 7.47. The van der Waals surface area contributed by atoms with Crippen LogP contribution in [0.15, 0.2) is 30.3 Å². The van der Waals surface area contributed by atoms with Gasteiger partial charge in [-0.3, -0.25) is 0 Å². The lowest BCUT2D eigenvalue weighted by Gasteiger charge is -2.27. The smallest absolute Gasteiger partial charge is 0.317 e. The predicted octanol–water partition coefficient (Wildman–Crippen LogP) is 1.99. The first-order valence-electron chi connectivity index (χ1n) is 7.47. The number of aliphatic hydroxyl groups excluding tert-OH is 1. The molecule has 2 N–H and O–H groups in total. The highest BCUT2D eigenvalue weighted by Gasteiger charge is 2.38. The Bertz CT molecular complexity index is 463. The van der Waals surface area contributed by atoms with Crippen LogP contribution in [0.1, 0.15) is 24.8 Å². The Kier molecular flexibility index (Phi) is 3.92. The van der Waals surface area contributed by atoms with Crippen molar-refractivity contribution in [2.24, 2.45) is 11.8 Å². The third kappa shape index (κ3) is 2.96.